The normalized spacial score (nSPS) is 11.4. The van der Waals surface area contributed by atoms with Crippen LogP contribution in [0.25, 0.3) is 16.7 Å². The zero-order chi connectivity index (χ0) is 15.0. The number of aromatic amines is 1. The lowest BCUT2D eigenvalue weighted by Crippen LogP contribution is -1.97. The van der Waals surface area contributed by atoms with Crippen LogP contribution in [-0.4, -0.2) is 15.3 Å². The molecule has 0 atom stereocenters. The average molecular weight is 326 g/mol. The predicted molar refractivity (Wildman–Crippen MR) is 80.3 cm³/mol. The molecule has 0 bridgehead atoms. The maximum atomic E-state index is 13.8. The number of benzene rings is 2. The van der Waals surface area contributed by atoms with Crippen molar-refractivity contribution < 1.29 is 13.2 Å². The third-order valence-electron chi connectivity index (χ3n) is 2.99. The second-order valence-electron chi connectivity index (χ2n) is 4.25. The van der Waals surface area contributed by atoms with Gasteiger partial charge in [-0.15, -0.1) is 0 Å². The molecule has 3 rings (SSSR count). The molecule has 2 nitrogen and oxygen atoms in total. The molecule has 3 aromatic rings. The van der Waals surface area contributed by atoms with Gasteiger partial charge in [-0.2, -0.15) is 8.78 Å². The molecule has 0 amide bonds. The summed E-state index contributed by atoms with van der Waals surface area (Å²) in [6, 6.07) is 11.2. The number of nitrogens with zero attached hydrogens (tertiary/aromatic N) is 1. The van der Waals surface area contributed by atoms with Gasteiger partial charge in [-0.1, -0.05) is 30.0 Å². The fourth-order valence-corrected chi connectivity index (χ4v) is 3.10. The van der Waals surface area contributed by atoms with Gasteiger partial charge in [-0.05, 0) is 36.5 Å². The van der Waals surface area contributed by atoms with E-state index in [9.17, 15) is 13.2 Å². The first kappa shape index (κ1) is 14.2. The van der Waals surface area contributed by atoms with E-state index in [-0.39, 0.29) is 10.3 Å². The molecule has 1 aromatic heterocycles. The summed E-state index contributed by atoms with van der Waals surface area (Å²) in [7, 11) is 0. The van der Waals surface area contributed by atoms with E-state index < -0.39 is 11.6 Å². The number of rotatable bonds is 3. The first-order valence-corrected chi connectivity index (χ1v) is 7.30. The van der Waals surface area contributed by atoms with Crippen molar-refractivity contribution >= 4 is 35.0 Å². The lowest BCUT2D eigenvalue weighted by molar-refractivity contribution is 0.252. The van der Waals surface area contributed by atoms with Crippen LogP contribution in [0.15, 0.2) is 47.4 Å². The van der Waals surface area contributed by atoms with Crippen molar-refractivity contribution in [1.29, 1.82) is 0 Å². The Morgan fingerprint density at radius 3 is 2.62 bits per heavy atom. The summed E-state index contributed by atoms with van der Waals surface area (Å²) in [6.45, 7) is 0. The quantitative estimate of drug-likeness (QED) is 0.531. The monoisotopic (exact) mass is 326 g/mol. The van der Waals surface area contributed by atoms with Crippen LogP contribution < -0.4 is 0 Å². The lowest BCUT2D eigenvalue weighted by Gasteiger charge is -2.10. The van der Waals surface area contributed by atoms with E-state index in [0.717, 1.165) is 0 Å². The fourth-order valence-electron chi connectivity index (χ4n) is 2.17. The first-order chi connectivity index (χ1) is 10.1. The highest BCUT2D eigenvalue weighted by molar-refractivity contribution is 7.99. The number of thioether (sulfide) groups is 1. The summed E-state index contributed by atoms with van der Waals surface area (Å²) < 4.78 is 41.0. The molecule has 2 aromatic carbocycles. The zero-order valence-electron chi connectivity index (χ0n) is 10.5. The van der Waals surface area contributed by atoms with Gasteiger partial charge in [0.15, 0.2) is 4.77 Å². The number of H-pyrrole nitrogens is 1. The number of hydrogen-bond donors (Lipinski definition) is 1. The summed E-state index contributed by atoms with van der Waals surface area (Å²) in [5, 5.41) is 0. The van der Waals surface area contributed by atoms with Crippen molar-refractivity contribution in [2.45, 2.75) is 10.7 Å². The van der Waals surface area contributed by atoms with Gasteiger partial charge in [0.2, 0.25) is 0 Å². The summed E-state index contributed by atoms with van der Waals surface area (Å²) in [5.41, 5.74) is 1.28. The van der Waals surface area contributed by atoms with Gasteiger partial charge < -0.3 is 4.98 Å². The van der Waals surface area contributed by atoms with Gasteiger partial charge in [0, 0.05) is 4.90 Å². The smallest absolute Gasteiger partial charge is 0.288 e. The van der Waals surface area contributed by atoms with Crippen molar-refractivity contribution in [1.82, 2.24) is 9.55 Å². The molecule has 0 radical (unpaired) electrons. The Labute approximate surface area is 127 Å². The van der Waals surface area contributed by atoms with E-state index in [0.29, 0.717) is 27.9 Å². The van der Waals surface area contributed by atoms with Crippen LogP contribution in [0, 0.1) is 10.6 Å². The van der Waals surface area contributed by atoms with Crippen LogP contribution >= 0.6 is 24.0 Å². The number of para-hydroxylation sites is 2. The van der Waals surface area contributed by atoms with E-state index in [2.05, 4.69) is 4.98 Å². The molecule has 0 aliphatic rings. The molecule has 21 heavy (non-hydrogen) atoms. The molecule has 0 saturated heterocycles. The Kier molecular flexibility index (Phi) is 3.77. The van der Waals surface area contributed by atoms with E-state index in [1.807, 2.05) is 0 Å². The number of alkyl halides is 2. The minimum absolute atomic E-state index is 0.261. The second-order valence-corrected chi connectivity index (χ2v) is 5.66. The average Bonchev–Trinajstić information content (AvgIpc) is 2.77. The highest BCUT2D eigenvalue weighted by Gasteiger charge is 2.15. The van der Waals surface area contributed by atoms with Gasteiger partial charge >= 0.3 is 0 Å². The molecule has 0 unspecified atom stereocenters. The van der Waals surface area contributed by atoms with Crippen molar-refractivity contribution in [2.75, 3.05) is 0 Å². The van der Waals surface area contributed by atoms with Gasteiger partial charge in [-0.25, -0.2) is 4.39 Å². The van der Waals surface area contributed by atoms with Crippen LogP contribution in [0.3, 0.4) is 0 Å². The van der Waals surface area contributed by atoms with Crippen LogP contribution in [0.1, 0.15) is 0 Å². The van der Waals surface area contributed by atoms with Crippen LogP contribution in [-0.2, 0) is 0 Å². The molecule has 1 N–H and O–H groups in total. The van der Waals surface area contributed by atoms with Crippen molar-refractivity contribution in [2.24, 2.45) is 0 Å². The maximum Gasteiger partial charge on any atom is 0.288 e. The highest BCUT2D eigenvalue weighted by Crippen LogP contribution is 2.32. The topological polar surface area (TPSA) is 20.7 Å². The van der Waals surface area contributed by atoms with Gasteiger partial charge in [0.25, 0.3) is 5.76 Å². The largest absolute Gasteiger partial charge is 0.328 e. The first-order valence-electron chi connectivity index (χ1n) is 6.01. The SMILES string of the molecule is Fc1cccc2c1[nH]c(=S)n2-c1ccccc1SC(F)F. The molecule has 0 aliphatic heterocycles. The van der Waals surface area contributed by atoms with E-state index in [4.69, 9.17) is 12.2 Å². The zero-order valence-corrected chi connectivity index (χ0v) is 12.1. The van der Waals surface area contributed by atoms with Crippen LogP contribution in [0.5, 0.6) is 0 Å². The number of fused-ring (bicyclic) bond motifs is 1. The predicted octanol–water partition coefficient (Wildman–Crippen LogP) is 5.14. The van der Waals surface area contributed by atoms with Crippen molar-refractivity contribution in [3.63, 3.8) is 0 Å². The summed E-state index contributed by atoms with van der Waals surface area (Å²) in [6.07, 6.45) is 0. The van der Waals surface area contributed by atoms with Crippen LogP contribution in [0.4, 0.5) is 13.2 Å². The Hall–Kier alpha value is -1.73. The second kappa shape index (κ2) is 5.57. The Balaban J connectivity index is 2.29. The van der Waals surface area contributed by atoms with Gasteiger partial charge in [-0.3, -0.25) is 4.57 Å². The lowest BCUT2D eigenvalue weighted by atomic mass is 10.2. The summed E-state index contributed by atoms with van der Waals surface area (Å²) in [4.78, 5) is 3.16. The third kappa shape index (κ3) is 2.58. The minimum atomic E-state index is -2.54. The molecule has 0 saturated carbocycles. The number of hydrogen-bond acceptors (Lipinski definition) is 2. The molecule has 0 fully saturated rings. The number of halogens is 3. The van der Waals surface area contributed by atoms with E-state index in [1.165, 1.54) is 6.07 Å². The molecule has 0 spiro atoms. The minimum Gasteiger partial charge on any atom is -0.328 e. The van der Waals surface area contributed by atoms with Crippen molar-refractivity contribution in [3.8, 4) is 5.69 Å². The number of imidazole rings is 1. The van der Waals surface area contributed by atoms with Crippen molar-refractivity contribution in [3.05, 3.63) is 53.1 Å². The molecule has 1 heterocycles. The van der Waals surface area contributed by atoms with Gasteiger partial charge in [0.1, 0.15) is 11.3 Å². The van der Waals surface area contributed by atoms with E-state index in [1.54, 1.807) is 41.0 Å². The Morgan fingerprint density at radius 1 is 1.10 bits per heavy atom. The third-order valence-corrected chi connectivity index (χ3v) is 4.05. The molecule has 0 aliphatic carbocycles. The molecular weight excluding hydrogens is 317 g/mol. The standard InChI is InChI=1S/C14H9F3N2S2/c15-8-4-3-6-10-12(8)18-14(20)19(10)9-5-1-2-7-11(9)21-13(16)17/h1-7,13H,(H,18,20). The summed E-state index contributed by atoms with van der Waals surface area (Å²) in [5.74, 6) is -2.97. The molecule has 7 heteroatoms. The molecular formula is C14H9F3N2S2. The Morgan fingerprint density at radius 2 is 1.86 bits per heavy atom. The number of aromatic nitrogens is 2. The fraction of sp³-hybridized carbons (Fsp3) is 0.0714. The van der Waals surface area contributed by atoms with E-state index >= 15 is 0 Å². The summed E-state index contributed by atoms with van der Waals surface area (Å²) >= 11 is 5.65. The maximum absolute atomic E-state index is 13.8. The highest BCUT2D eigenvalue weighted by atomic mass is 32.2. The molecule has 108 valence electrons. The van der Waals surface area contributed by atoms with Crippen LogP contribution in [0.2, 0.25) is 0 Å². The van der Waals surface area contributed by atoms with Gasteiger partial charge in [0.05, 0.1) is 11.2 Å². The number of nitrogens with one attached hydrogen (secondary N) is 1. The Bertz CT molecular complexity index is 855.